The number of para-hydroxylation sites is 2. The van der Waals surface area contributed by atoms with Crippen LogP contribution in [0.15, 0.2) is 40.8 Å². The summed E-state index contributed by atoms with van der Waals surface area (Å²) < 4.78 is 11.6. The van der Waals surface area contributed by atoms with Gasteiger partial charge >= 0.3 is 0 Å². The lowest BCUT2D eigenvalue weighted by atomic mass is 10.1. The molecule has 6 heteroatoms. The lowest BCUT2D eigenvalue weighted by molar-refractivity contribution is 0.0925. The van der Waals surface area contributed by atoms with E-state index in [0.717, 1.165) is 11.3 Å². The second kappa shape index (κ2) is 4.35. The van der Waals surface area contributed by atoms with Crippen molar-refractivity contribution >= 4 is 21.6 Å². The van der Waals surface area contributed by atoms with Gasteiger partial charge in [0.05, 0.1) is 11.7 Å². The Morgan fingerprint density at radius 1 is 1.30 bits per heavy atom. The summed E-state index contributed by atoms with van der Waals surface area (Å²) in [6.07, 6.45) is 1.13. The SMILES string of the molecule is O=c1[nH]cnc2scc([C@H]3COc4ccccc4O3)c12. The number of benzene rings is 1. The summed E-state index contributed by atoms with van der Waals surface area (Å²) in [5, 5.41) is 2.50. The average molecular weight is 286 g/mol. The molecule has 0 amide bonds. The Bertz CT molecular complexity index is 840. The van der Waals surface area contributed by atoms with Crippen LogP contribution >= 0.6 is 11.3 Å². The minimum atomic E-state index is -0.288. The first-order chi connectivity index (χ1) is 9.83. The highest BCUT2D eigenvalue weighted by Crippen LogP contribution is 2.38. The van der Waals surface area contributed by atoms with Gasteiger partial charge in [0.15, 0.2) is 17.6 Å². The average Bonchev–Trinajstić information content (AvgIpc) is 2.92. The molecular formula is C14H10N2O3S. The molecule has 0 spiro atoms. The zero-order valence-corrected chi connectivity index (χ0v) is 11.1. The van der Waals surface area contributed by atoms with Crippen molar-refractivity contribution in [3.63, 3.8) is 0 Å². The van der Waals surface area contributed by atoms with Crippen LogP contribution in [0.25, 0.3) is 10.2 Å². The molecule has 0 aliphatic carbocycles. The number of aromatic nitrogens is 2. The summed E-state index contributed by atoms with van der Waals surface area (Å²) in [6, 6.07) is 7.52. The van der Waals surface area contributed by atoms with E-state index in [-0.39, 0.29) is 11.7 Å². The molecule has 0 saturated carbocycles. The fourth-order valence-corrected chi connectivity index (χ4v) is 3.27. The van der Waals surface area contributed by atoms with E-state index in [1.54, 1.807) is 0 Å². The van der Waals surface area contributed by atoms with Gasteiger partial charge in [-0.2, -0.15) is 0 Å². The van der Waals surface area contributed by atoms with E-state index in [2.05, 4.69) is 9.97 Å². The van der Waals surface area contributed by atoms with Crippen LogP contribution in [0.2, 0.25) is 0 Å². The fraction of sp³-hybridized carbons (Fsp3) is 0.143. The third-order valence-electron chi connectivity index (χ3n) is 3.26. The molecule has 1 N–H and O–H groups in total. The molecule has 1 aliphatic heterocycles. The van der Waals surface area contributed by atoms with Crippen molar-refractivity contribution in [2.24, 2.45) is 0 Å². The maximum absolute atomic E-state index is 12.0. The first kappa shape index (κ1) is 11.5. The maximum atomic E-state index is 12.0. The van der Waals surface area contributed by atoms with E-state index in [1.807, 2.05) is 29.6 Å². The van der Waals surface area contributed by atoms with Crippen molar-refractivity contribution in [3.8, 4) is 11.5 Å². The van der Waals surface area contributed by atoms with Gasteiger partial charge in [-0.05, 0) is 12.1 Å². The molecule has 0 unspecified atom stereocenters. The number of ether oxygens (including phenoxy) is 2. The minimum absolute atomic E-state index is 0.145. The molecule has 4 rings (SSSR count). The van der Waals surface area contributed by atoms with E-state index in [1.165, 1.54) is 17.7 Å². The highest BCUT2D eigenvalue weighted by molar-refractivity contribution is 7.16. The lowest BCUT2D eigenvalue weighted by Gasteiger charge is -2.26. The van der Waals surface area contributed by atoms with Crippen molar-refractivity contribution in [2.75, 3.05) is 6.61 Å². The van der Waals surface area contributed by atoms with Crippen LogP contribution in [-0.4, -0.2) is 16.6 Å². The molecule has 3 aromatic rings. The van der Waals surface area contributed by atoms with Crippen molar-refractivity contribution in [3.05, 3.63) is 51.9 Å². The van der Waals surface area contributed by atoms with Gasteiger partial charge in [-0.3, -0.25) is 4.79 Å². The van der Waals surface area contributed by atoms with E-state index < -0.39 is 0 Å². The fourth-order valence-electron chi connectivity index (χ4n) is 2.32. The van der Waals surface area contributed by atoms with Gasteiger partial charge in [-0.15, -0.1) is 11.3 Å². The quantitative estimate of drug-likeness (QED) is 0.746. The molecule has 0 saturated heterocycles. The Balaban J connectivity index is 1.80. The third kappa shape index (κ3) is 1.69. The second-order valence-corrected chi connectivity index (χ2v) is 5.33. The van der Waals surface area contributed by atoms with Crippen LogP contribution in [0.4, 0.5) is 0 Å². The second-order valence-electron chi connectivity index (χ2n) is 4.47. The highest BCUT2D eigenvalue weighted by atomic mass is 32.1. The van der Waals surface area contributed by atoms with Crippen molar-refractivity contribution < 1.29 is 9.47 Å². The number of hydrogen-bond donors (Lipinski definition) is 1. The predicted octanol–water partition coefficient (Wildman–Crippen LogP) is 2.50. The number of hydrogen-bond acceptors (Lipinski definition) is 5. The number of nitrogens with one attached hydrogen (secondary N) is 1. The van der Waals surface area contributed by atoms with Gasteiger partial charge in [0.1, 0.15) is 11.4 Å². The molecular weight excluding hydrogens is 276 g/mol. The lowest BCUT2D eigenvalue weighted by Crippen LogP contribution is -2.22. The molecule has 1 aromatic carbocycles. The van der Waals surface area contributed by atoms with Crippen molar-refractivity contribution in [1.82, 2.24) is 9.97 Å². The Kier molecular flexibility index (Phi) is 2.50. The molecule has 0 bridgehead atoms. The standard InChI is InChI=1S/C14H10N2O3S/c17-13-12-8(6-20-14(12)16-7-15-13)11-5-18-9-3-1-2-4-10(9)19-11/h1-4,6-7,11H,5H2,(H,15,16,17)/t11-/m1/s1. The largest absolute Gasteiger partial charge is 0.485 e. The number of nitrogens with zero attached hydrogens (tertiary/aromatic N) is 1. The van der Waals surface area contributed by atoms with Crippen molar-refractivity contribution in [2.45, 2.75) is 6.10 Å². The van der Waals surface area contributed by atoms with Gasteiger partial charge in [0.25, 0.3) is 5.56 Å². The number of H-pyrrole nitrogens is 1. The van der Waals surface area contributed by atoms with Crippen LogP contribution in [-0.2, 0) is 0 Å². The number of fused-ring (bicyclic) bond motifs is 2. The molecule has 5 nitrogen and oxygen atoms in total. The van der Waals surface area contributed by atoms with Gasteiger partial charge in [0, 0.05) is 10.9 Å². The molecule has 1 atom stereocenters. The van der Waals surface area contributed by atoms with E-state index >= 15 is 0 Å². The normalized spacial score (nSPS) is 17.3. The van der Waals surface area contributed by atoms with Crippen LogP contribution in [0.1, 0.15) is 11.7 Å². The van der Waals surface area contributed by atoms with Gasteiger partial charge in [-0.25, -0.2) is 4.98 Å². The minimum Gasteiger partial charge on any atom is -0.485 e. The van der Waals surface area contributed by atoms with E-state index in [0.29, 0.717) is 22.6 Å². The van der Waals surface area contributed by atoms with Gasteiger partial charge < -0.3 is 14.5 Å². The summed E-state index contributed by atoms with van der Waals surface area (Å²) in [5.74, 6) is 1.43. The molecule has 20 heavy (non-hydrogen) atoms. The first-order valence-corrected chi connectivity index (χ1v) is 7.04. The zero-order chi connectivity index (χ0) is 13.5. The number of rotatable bonds is 1. The van der Waals surface area contributed by atoms with Crippen LogP contribution in [0.3, 0.4) is 0 Å². The summed E-state index contributed by atoms with van der Waals surface area (Å²) >= 11 is 1.44. The summed E-state index contributed by atoms with van der Waals surface area (Å²) in [4.78, 5) is 19.4. The van der Waals surface area contributed by atoms with E-state index in [9.17, 15) is 4.79 Å². The summed E-state index contributed by atoms with van der Waals surface area (Å²) in [6.45, 7) is 0.386. The van der Waals surface area contributed by atoms with Gasteiger partial charge in [-0.1, -0.05) is 12.1 Å². The number of aromatic amines is 1. The third-order valence-corrected chi connectivity index (χ3v) is 4.16. The maximum Gasteiger partial charge on any atom is 0.259 e. The highest BCUT2D eigenvalue weighted by Gasteiger charge is 2.26. The van der Waals surface area contributed by atoms with Gasteiger partial charge in [0.2, 0.25) is 0 Å². The Labute approximate surface area is 117 Å². The van der Waals surface area contributed by atoms with Crippen LogP contribution in [0, 0.1) is 0 Å². The molecule has 0 radical (unpaired) electrons. The smallest absolute Gasteiger partial charge is 0.259 e. The molecule has 2 aromatic heterocycles. The van der Waals surface area contributed by atoms with Crippen LogP contribution < -0.4 is 15.0 Å². The predicted molar refractivity (Wildman–Crippen MR) is 75.5 cm³/mol. The zero-order valence-electron chi connectivity index (χ0n) is 10.3. The Hall–Kier alpha value is -2.34. The summed E-state index contributed by atoms with van der Waals surface area (Å²) in [5.41, 5.74) is 0.683. The first-order valence-electron chi connectivity index (χ1n) is 6.16. The van der Waals surface area contributed by atoms with E-state index in [4.69, 9.17) is 9.47 Å². The molecule has 100 valence electrons. The molecule has 1 aliphatic rings. The molecule has 3 heterocycles. The summed E-state index contributed by atoms with van der Waals surface area (Å²) in [7, 11) is 0. The monoisotopic (exact) mass is 286 g/mol. The number of thiophene rings is 1. The van der Waals surface area contributed by atoms with Crippen molar-refractivity contribution in [1.29, 1.82) is 0 Å². The molecule has 0 fully saturated rings. The Morgan fingerprint density at radius 3 is 3.05 bits per heavy atom. The Morgan fingerprint density at radius 2 is 2.15 bits per heavy atom. The van der Waals surface area contributed by atoms with Crippen LogP contribution in [0.5, 0.6) is 11.5 Å². The topological polar surface area (TPSA) is 64.2 Å².